The van der Waals surface area contributed by atoms with Gasteiger partial charge >= 0.3 is 0 Å². The highest BCUT2D eigenvalue weighted by atomic mass is 16.6. The molecule has 1 aliphatic heterocycles. The molecule has 0 saturated carbocycles. The van der Waals surface area contributed by atoms with E-state index in [1.165, 1.54) is 5.56 Å². The summed E-state index contributed by atoms with van der Waals surface area (Å²) in [6, 6.07) is 16.0. The van der Waals surface area contributed by atoms with E-state index in [2.05, 4.69) is 36.1 Å². The molecule has 0 fully saturated rings. The van der Waals surface area contributed by atoms with E-state index in [-0.39, 0.29) is 10.6 Å². The number of anilines is 1. The van der Waals surface area contributed by atoms with Gasteiger partial charge in [-0.2, -0.15) is 0 Å². The number of nitrogens with zero attached hydrogens (tertiary/aromatic N) is 2. The number of nitro groups is 1. The van der Waals surface area contributed by atoms with Gasteiger partial charge in [0.05, 0.1) is 4.92 Å². The van der Waals surface area contributed by atoms with Gasteiger partial charge in [-0.25, -0.2) is 0 Å². The summed E-state index contributed by atoms with van der Waals surface area (Å²) in [6.45, 7) is 3.12. The molecule has 0 radical (unpaired) electrons. The zero-order valence-electron chi connectivity index (χ0n) is 12.0. The zero-order chi connectivity index (χ0) is 14.8. The van der Waals surface area contributed by atoms with Crippen LogP contribution in [0.5, 0.6) is 0 Å². The second-order valence-corrected chi connectivity index (χ2v) is 5.55. The second-order valence-electron chi connectivity index (χ2n) is 5.55. The van der Waals surface area contributed by atoms with Gasteiger partial charge in [-0.1, -0.05) is 30.3 Å². The van der Waals surface area contributed by atoms with Gasteiger partial charge in [-0.3, -0.25) is 10.1 Å². The lowest BCUT2D eigenvalue weighted by molar-refractivity contribution is -0.384. The molecule has 4 nitrogen and oxygen atoms in total. The summed E-state index contributed by atoms with van der Waals surface area (Å²) in [7, 11) is 0. The number of non-ortho nitro benzene ring substituents is 1. The van der Waals surface area contributed by atoms with E-state index in [0.717, 1.165) is 30.6 Å². The minimum absolute atomic E-state index is 0.186. The van der Waals surface area contributed by atoms with E-state index in [4.69, 9.17) is 0 Å². The fourth-order valence-electron chi connectivity index (χ4n) is 3.03. The molecule has 0 aliphatic carbocycles. The average molecular weight is 282 g/mol. The molecule has 1 atom stereocenters. The fraction of sp³-hybridized carbons (Fsp3) is 0.294. The van der Waals surface area contributed by atoms with Crippen molar-refractivity contribution < 1.29 is 4.92 Å². The molecule has 0 bridgehead atoms. The zero-order valence-corrected chi connectivity index (χ0v) is 12.0. The van der Waals surface area contributed by atoms with Gasteiger partial charge in [-0.05, 0) is 37.0 Å². The highest BCUT2D eigenvalue weighted by Crippen LogP contribution is 2.34. The van der Waals surface area contributed by atoms with Gasteiger partial charge in [0.15, 0.2) is 0 Å². The highest BCUT2D eigenvalue weighted by molar-refractivity contribution is 5.62. The predicted molar refractivity (Wildman–Crippen MR) is 83.8 cm³/mol. The van der Waals surface area contributed by atoms with E-state index in [9.17, 15) is 10.1 Å². The van der Waals surface area contributed by atoms with Crippen LogP contribution < -0.4 is 4.90 Å². The Balaban J connectivity index is 1.77. The van der Waals surface area contributed by atoms with E-state index in [1.807, 2.05) is 12.1 Å². The van der Waals surface area contributed by atoms with Crippen molar-refractivity contribution in [2.24, 2.45) is 0 Å². The summed E-state index contributed by atoms with van der Waals surface area (Å²) < 4.78 is 0. The largest absolute Gasteiger partial charge is 0.368 e. The van der Waals surface area contributed by atoms with Crippen LogP contribution >= 0.6 is 0 Å². The van der Waals surface area contributed by atoms with Crippen LogP contribution in [0.1, 0.15) is 18.1 Å². The lowest BCUT2D eigenvalue weighted by Gasteiger charge is -2.24. The monoisotopic (exact) mass is 282 g/mol. The average Bonchev–Trinajstić information content (AvgIpc) is 2.80. The maximum Gasteiger partial charge on any atom is 0.269 e. The minimum atomic E-state index is -0.322. The first-order chi connectivity index (χ1) is 10.1. The predicted octanol–water partition coefficient (Wildman–Crippen LogP) is 3.59. The Morgan fingerprint density at radius 1 is 1.24 bits per heavy atom. The Morgan fingerprint density at radius 3 is 2.71 bits per heavy atom. The number of benzene rings is 2. The van der Waals surface area contributed by atoms with Gasteiger partial charge < -0.3 is 4.90 Å². The molecular weight excluding hydrogens is 264 g/mol. The van der Waals surface area contributed by atoms with Crippen LogP contribution in [0.25, 0.3) is 0 Å². The van der Waals surface area contributed by atoms with Crippen molar-refractivity contribution in [3.63, 3.8) is 0 Å². The third kappa shape index (κ3) is 2.75. The Kier molecular flexibility index (Phi) is 3.60. The standard InChI is InChI=1S/C17H18N2O2/c1-13-11-15-12-16(19(20)21)7-8-17(15)18(13)10-9-14-5-3-2-4-6-14/h2-8,12-13H,9-11H2,1H3/t13-/m0/s1. The summed E-state index contributed by atoms with van der Waals surface area (Å²) in [5.41, 5.74) is 3.74. The Labute approximate surface area is 124 Å². The summed E-state index contributed by atoms with van der Waals surface area (Å²) in [5.74, 6) is 0. The molecule has 0 N–H and O–H groups in total. The summed E-state index contributed by atoms with van der Waals surface area (Å²) in [5, 5.41) is 10.9. The lowest BCUT2D eigenvalue weighted by Crippen LogP contribution is -2.31. The maximum absolute atomic E-state index is 10.9. The van der Waals surface area contributed by atoms with Gasteiger partial charge in [0.2, 0.25) is 0 Å². The molecule has 0 unspecified atom stereocenters. The molecule has 2 aromatic rings. The smallest absolute Gasteiger partial charge is 0.269 e. The van der Waals surface area contributed by atoms with Crippen LogP contribution in [0, 0.1) is 10.1 Å². The third-order valence-electron chi connectivity index (χ3n) is 4.11. The minimum Gasteiger partial charge on any atom is -0.368 e. The van der Waals surface area contributed by atoms with Crippen molar-refractivity contribution in [1.82, 2.24) is 0 Å². The normalized spacial score (nSPS) is 16.8. The van der Waals surface area contributed by atoms with Crippen LogP contribution in [-0.4, -0.2) is 17.5 Å². The van der Waals surface area contributed by atoms with Crippen LogP contribution in [0.3, 0.4) is 0 Å². The molecular formula is C17H18N2O2. The number of rotatable bonds is 4. The first-order valence-corrected chi connectivity index (χ1v) is 7.23. The number of fused-ring (bicyclic) bond motifs is 1. The topological polar surface area (TPSA) is 46.4 Å². The summed E-state index contributed by atoms with van der Waals surface area (Å²) >= 11 is 0. The number of hydrogen-bond donors (Lipinski definition) is 0. The first kappa shape index (κ1) is 13.6. The molecule has 3 rings (SSSR count). The van der Waals surface area contributed by atoms with Crippen molar-refractivity contribution >= 4 is 11.4 Å². The van der Waals surface area contributed by atoms with Crippen molar-refractivity contribution in [3.05, 3.63) is 69.8 Å². The van der Waals surface area contributed by atoms with E-state index in [1.54, 1.807) is 12.1 Å². The molecule has 0 saturated heterocycles. The van der Waals surface area contributed by atoms with Gasteiger partial charge in [0.1, 0.15) is 0 Å². The van der Waals surface area contributed by atoms with Crippen LogP contribution in [0.4, 0.5) is 11.4 Å². The Hall–Kier alpha value is -2.36. The van der Waals surface area contributed by atoms with Crippen molar-refractivity contribution in [3.8, 4) is 0 Å². The molecule has 1 aliphatic rings. The molecule has 0 aromatic heterocycles. The van der Waals surface area contributed by atoms with Gasteiger partial charge in [0.25, 0.3) is 5.69 Å². The van der Waals surface area contributed by atoms with Crippen molar-refractivity contribution in [2.45, 2.75) is 25.8 Å². The van der Waals surface area contributed by atoms with Crippen LogP contribution in [-0.2, 0) is 12.8 Å². The molecule has 0 spiro atoms. The van der Waals surface area contributed by atoms with Gasteiger partial charge in [-0.15, -0.1) is 0 Å². The second kappa shape index (κ2) is 5.56. The Bertz CT molecular complexity index is 655. The maximum atomic E-state index is 10.9. The third-order valence-corrected chi connectivity index (χ3v) is 4.11. The molecule has 2 aromatic carbocycles. The number of hydrogen-bond acceptors (Lipinski definition) is 3. The van der Waals surface area contributed by atoms with Crippen LogP contribution in [0.2, 0.25) is 0 Å². The highest BCUT2D eigenvalue weighted by Gasteiger charge is 2.27. The number of nitro benzene ring substituents is 1. The summed E-state index contributed by atoms with van der Waals surface area (Å²) in [4.78, 5) is 12.9. The molecule has 1 heterocycles. The van der Waals surface area contributed by atoms with Gasteiger partial charge in [0, 0.05) is 30.4 Å². The fourth-order valence-corrected chi connectivity index (χ4v) is 3.03. The Morgan fingerprint density at radius 2 is 2.00 bits per heavy atom. The van der Waals surface area contributed by atoms with E-state index < -0.39 is 0 Å². The SMILES string of the molecule is C[C@H]1Cc2cc([N+](=O)[O-])ccc2N1CCc1ccccc1. The molecule has 0 amide bonds. The first-order valence-electron chi connectivity index (χ1n) is 7.23. The van der Waals surface area contributed by atoms with Crippen molar-refractivity contribution in [1.29, 1.82) is 0 Å². The summed E-state index contributed by atoms with van der Waals surface area (Å²) in [6.07, 6.45) is 1.87. The molecule has 21 heavy (non-hydrogen) atoms. The molecule has 108 valence electrons. The van der Waals surface area contributed by atoms with E-state index in [0.29, 0.717) is 6.04 Å². The van der Waals surface area contributed by atoms with Crippen LogP contribution in [0.15, 0.2) is 48.5 Å². The molecule has 4 heteroatoms. The lowest BCUT2D eigenvalue weighted by atomic mass is 10.1. The van der Waals surface area contributed by atoms with Crippen molar-refractivity contribution in [2.75, 3.05) is 11.4 Å². The quantitative estimate of drug-likeness (QED) is 0.636. The van der Waals surface area contributed by atoms with E-state index >= 15 is 0 Å².